The molecule has 0 aliphatic heterocycles. The zero-order valence-corrected chi connectivity index (χ0v) is 13.4. The lowest BCUT2D eigenvalue weighted by molar-refractivity contribution is -0.146. The first kappa shape index (κ1) is 18.0. The lowest BCUT2D eigenvalue weighted by Crippen LogP contribution is -2.42. The SMILES string of the molecule is CCOC(=O)CC[C@@H](NC(=O)c1ccc(N)s1)C(=O)OCC. The van der Waals surface area contributed by atoms with Crippen molar-refractivity contribution in [2.75, 3.05) is 18.9 Å². The fourth-order valence-electron chi connectivity index (χ4n) is 1.69. The van der Waals surface area contributed by atoms with E-state index in [1.165, 1.54) is 0 Å². The summed E-state index contributed by atoms with van der Waals surface area (Å²) < 4.78 is 9.72. The van der Waals surface area contributed by atoms with Gasteiger partial charge in [0.2, 0.25) is 0 Å². The molecule has 22 heavy (non-hydrogen) atoms. The van der Waals surface area contributed by atoms with Gasteiger partial charge in [-0.2, -0.15) is 0 Å². The molecule has 0 fully saturated rings. The van der Waals surface area contributed by atoms with Gasteiger partial charge in [-0.1, -0.05) is 0 Å². The fraction of sp³-hybridized carbons (Fsp3) is 0.500. The molecule has 0 radical (unpaired) electrons. The van der Waals surface area contributed by atoms with E-state index in [0.29, 0.717) is 9.88 Å². The van der Waals surface area contributed by atoms with Crippen LogP contribution in [0.15, 0.2) is 12.1 Å². The van der Waals surface area contributed by atoms with Gasteiger partial charge in [0.15, 0.2) is 0 Å². The first-order chi connectivity index (χ1) is 10.5. The van der Waals surface area contributed by atoms with Gasteiger partial charge in [0, 0.05) is 6.42 Å². The number of amides is 1. The van der Waals surface area contributed by atoms with E-state index in [9.17, 15) is 14.4 Å². The minimum Gasteiger partial charge on any atom is -0.466 e. The van der Waals surface area contributed by atoms with E-state index >= 15 is 0 Å². The smallest absolute Gasteiger partial charge is 0.328 e. The highest BCUT2D eigenvalue weighted by atomic mass is 32.1. The van der Waals surface area contributed by atoms with Crippen LogP contribution in [0.3, 0.4) is 0 Å². The summed E-state index contributed by atoms with van der Waals surface area (Å²) in [7, 11) is 0. The Kier molecular flexibility index (Phi) is 7.38. The molecule has 122 valence electrons. The second-order valence-electron chi connectivity index (χ2n) is 4.32. The average molecular weight is 328 g/mol. The number of nitrogen functional groups attached to an aromatic ring is 1. The van der Waals surface area contributed by atoms with Gasteiger partial charge in [0.25, 0.3) is 5.91 Å². The Morgan fingerprint density at radius 2 is 1.91 bits per heavy atom. The molecule has 0 aliphatic rings. The monoisotopic (exact) mass is 328 g/mol. The van der Waals surface area contributed by atoms with E-state index in [4.69, 9.17) is 15.2 Å². The molecule has 0 spiro atoms. The van der Waals surface area contributed by atoms with Crippen molar-refractivity contribution in [1.29, 1.82) is 0 Å². The third-order valence-corrected chi connectivity index (χ3v) is 3.58. The number of rotatable bonds is 8. The maximum Gasteiger partial charge on any atom is 0.328 e. The molecule has 1 atom stereocenters. The van der Waals surface area contributed by atoms with Gasteiger partial charge in [0.05, 0.1) is 23.1 Å². The highest BCUT2D eigenvalue weighted by Crippen LogP contribution is 2.18. The fourth-order valence-corrected chi connectivity index (χ4v) is 2.37. The lowest BCUT2D eigenvalue weighted by Gasteiger charge is -2.16. The van der Waals surface area contributed by atoms with Gasteiger partial charge in [-0.15, -0.1) is 11.3 Å². The van der Waals surface area contributed by atoms with E-state index in [1.807, 2.05) is 0 Å². The maximum atomic E-state index is 12.1. The molecule has 0 aromatic carbocycles. The first-order valence-corrected chi connectivity index (χ1v) is 7.78. The normalized spacial score (nSPS) is 11.5. The summed E-state index contributed by atoms with van der Waals surface area (Å²) >= 11 is 1.12. The van der Waals surface area contributed by atoms with Gasteiger partial charge in [-0.05, 0) is 32.4 Å². The second-order valence-corrected chi connectivity index (χ2v) is 5.44. The zero-order chi connectivity index (χ0) is 16.5. The van der Waals surface area contributed by atoms with Crippen molar-refractivity contribution in [3.63, 3.8) is 0 Å². The number of carbonyl (C=O) groups excluding carboxylic acids is 3. The molecule has 8 heteroatoms. The van der Waals surface area contributed by atoms with Crippen LogP contribution in [-0.2, 0) is 19.1 Å². The molecule has 7 nitrogen and oxygen atoms in total. The van der Waals surface area contributed by atoms with E-state index < -0.39 is 23.9 Å². The maximum absolute atomic E-state index is 12.1. The minimum atomic E-state index is -0.903. The third-order valence-electron chi connectivity index (χ3n) is 2.67. The second kappa shape index (κ2) is 9.04. The van der Waals surface area contributed by atoms with Crippen LogP contribution in [0.25, 0.3) is 0 Å². The number of nitrogens with two attached hydrogens (primary N) is 1. The predicted molar refractivity (Wildman–Crippen MR) is 82.5 cm³/mol. The highest BCUT2D eigenvalue weighted by Gasteiger charge is 2.24. The molecular weight excluding hydrogens is 308 g/mol. The van der Waals surface area contributed by atoms with Crippen molar-refractivity contribution in [2.24, 2.45) is 0 Å². The Morgan fingerprint density at radius 3 is 2.45 bits per heavy atom. The Bertz CT molecular complexity index is 529. The molecule has 0 saturated heterocycles. The van der Waals surface area contributed by atoms with Crippen molar-refractivity contribution < 1.29 is 23.9 Å². The molecule has 0 bridgehead atoms. The molecule has 1 aromatic heterocycles. The summed E-state index contributed by atoms with van der Waals surface area (Å²) in [5.41, 5.74) is 5.57. The molecule has 0 saturated carbocycles. The Hall–Kier alpha value is -2.09. The Labute approximate surface area is 132 Å². The molecule has 1 rings (SSSR count). The van der Waals surface area contributed by atoms with Gasteiger partial charge in [-0.25, -0.2) is 4.79 Å². The number of nitrogens with one attached hydrogen (secondary N) is 1. The molecule has 0 unspecified atom stereocenters. The third kappa shape index (κ3) is 5.72. The van der Waals surface area contributed by atoms with Crippen molar-refractivity contribution >= 4 is 34.2 Å². The van der Waals surface area contributed by atoms with Crippen LogP contribution in [0.2, 0.25) is 0 Å². The number of anilines is 1. The molecule has 3 N–H and O–H groups in total. The molecular formula is C14H20N2O5S. The summed E-state index contributed by atoms with van der Waals surface area (Å²) in [6.07, 6.45) is 0.133. The number of esters is 2. The van der Waals surface area contributed by atoms with Crippen LogP contribution in [0, 0.1) is 0 Å². The van der Waals surface area contributed by atoms with Crippen molar-refractivity contribution in [2.45, 2.75) is 32.7 Å². The highest BCUT2D eigenvalue weighted by molar-refractivity contribution is 7.17. The average Bonchev–Trinajstić information content (AvgIpc) is 2.90. The molecule has 0 aliphatic carbocycles. The van der Waals surface area contributed by atoms with Crippen LogP contribution in [0.4, 0.5) is 5.00 Å². The van der Waals surface area contributed by atoms with E-state index in [0.717, 1.165) is 11.3 Å². The van der Waals surface area contributed by atoms with E-state index in [2.05, 4.69) is 5.32 Å². The predicted octanol–water partition coefficient (Wildman–Crippen LogP) is 1.34. The summed E-state index contributed by atoms with van der Waals surface area (Å²) in [6.45, 7) is 3.83. The van der Waals surface area contributed by atoms with Crippen LogP contribution in [0.1, 0.15) is 36.4 Å². The van der Waals surface area contributed by atoms with Gasteiger partial charge >= 0.3 is 11.9 Å². The standard InChI is InChI=1S/C14H20N2O5S/c1-3-20-12(17)8-5-9(14(19)21-4-2)16-13(18)10-6-7-11(15)22-10/h6-7,9H,3-5,8,15H2,1-2H3,(H,16,18)/t9-/m1/s1. The van der Waals surface area contributed by atoms with Crippen molar-refractivity contribution in [1.82, 2.24) is 5.32 Å². The summed E-state index contributed by atoms with van der Waals surface area (Å²) in [6, 6.07) is 2.28. The van der Waals surface area contributed by atoms with Crippen LogP contribution in [-0.4, -0.2) is 37.1 Å². The largest absolute Gasteiger partial charge is 0.466 e. The van der Waals surface area contributed by atoms with Crippen LogP contribution in [0.5, 0.6) is 0 Å². The van der Waals surface area contributed by atoms with Crippen LogP contribution < -0.4 is 11.1 Å². The lowest BCUT2D eigenvalue weighted by atomic mass is 10.1. The van der Waals surface area contributed by atoms with Crippen molar-refractivity contribution in [3.8, 4) is 0 Å². The number of ether oxygens (including phenoxy) is 2. The Morgan fingerprint density at radius 1 is 1.23 bits per heavy atom. The van der Waals surface area contributed by atoms with Gasteiger partial charge in [-0.3, -0.25) is 9.59 Å². The van der Waals surface area contributed by atoms with Gasteiger partial charge in [0.1, 0.15) is 6.04 Å². The van der Waals surface area contributed by atoms with Crippen molar-refractivity contribution in [3.05, 3.63) is 17.0 Å². The molecule has 1 aromatic rings. The van der Waals surface area contributed by atoms with E-state index in [1.54, 1.807) is 26.0 Å². The summed E-state index contributed by atoms with van der Waals surface area (Å²) in [5, 5.41) is 3.07. The molecule has 1 heterocycles. The first-order valence-electron chi connectivity index (χ1n) is 6.96. The number of hydrogen-bond acceptors (Lipinski definition) is 7. The van der Waals surface area contributed by atoms with E-state index in [-0.39, 0.29) is 26.1 Å². The number of hydrogen-bond donors (Lipinski definition) is 2. The Balaban J connectivity index is 2.66. The topological polar surface area (TPSA) is 108 Å². The number of carbonyl (C=O) groups is 3. The minimum absolute atomic E-state index is 0.0180. The summed E-state index contributed by atoms with van der Waals surface area (Å²) in [5.74, 6) is -1.43. The molecule has 1 amide bonds. The number of thiophene rings is 1. The van der Waals surface area contributed by atoms with Gasteiger partial charge < -0.3 is 20.5 Å². The quantitative estimate of drug-likeness (QED) is 0.697. The zero-order valence-electron chi connectivity index (χ0n) is 12.6. The summed E-state index contributed by atoms with van der Waals surface area (Å²) in [4.78, 5) is 35.7. The van der Waals surface area contributed by atoms with Crippen LogP contribution >= 0.6 is 11.3 Å².